The Morgan fingerprint density at radius 3 is 2.15 bits per heavy atom. The van der Waals surface area contributed by atoms with Crippen molar-refractivity contribution in [1.29, 1.82) is 0 Å². The zero-order valence-electron chi connectivity index (χ0n) is 15.2. The number of carbonyl (C=O) groups excluding carboxylic acids is 4. The number of aldehydes is 1. The SMILES string of the molecule is NCCCC[C@@H](C=O)NC(=O)[C@H](CCC(=O)O)NC(=O)[C@@H](N)CCC(N)=O. The minimum absolute atomic E-state index is 0.00944. The number of hydrogen-bond acceptors (Lipinski definition) is 7. The number of carboxylic acid groups (broad SMARTS) is 1. The Kier molecular flexibility index (Phi) is 12.4. The fraction of sp³-hybridized carbons (Fsp3) is 0.688. The molecule has 0 aromatic rings. The summed E-state index contributed by atoms with van der Waals surface area (Å²) in [5.74, 6) is -3.16. The zero-order valence-corrected chi connectivity index (χ0v) is 15.2. The summed E-state index contributed by atoms with van der Waals surface area (Å²) in [6, 6.07) is -3.02. The van der Waals surface area contributed by atoms with E-state index in [1.165, 1.54) is 0 Å². The maximum absolute atomic E-state index is 12.4. The second kappa shape index (κ2) is 13.6. The number of hydrogen-bond donors (Lipinski definition) is 6. The topological polar surface area (TPSA) is 208 Å². The average Bonchev–Trinajstić information content (AvgIpc) is 2.61. The first kappa shape index (κ1) is 24.5. The lowest BCUT2D eigenvalue weighted by Crippen LogP contribution is -2.53. The predicted molar refractivity (Wildman–Crippen MR) is 96.1 cm³/mol. The molecule has 0 bridgehead atoms. The van der Waals surface area contributed by atoms with Crippen molar-refractivity contribution in [2.75, 3.05) is 6.54 Å². The van der Waals surface area contributed by atoms with E-state index in [9.17, 15) is 24.0 Å². The zero-order chi connectivity index (χ0) is 20.8. The summed E-state index contributed by atoms with van der Waals surface area (Å²) in [5.41, 5.74) is 16.0. The normalized spacial score (nSPS) is 13.9. The van der Waals surface area contributed by atoms with Gasteiger partial charge < -0.3 is 37.7 Å². The smallest absolute Gasteiger partial charge is 0.303 e. The Morgan fingerprint density at radius 1 is 0.963 bits per heavy atom. The lowest BCUT2D eigenvalue weighted by Gasteiger charge is -2.22. The van der Waals surface area contributed by atoms with Gasteiger partial charge in [0.2, 0.25) is 17.7 Å². The van der Waals surface area contributed by atoms with Gasteiger partial charge in [0.1, 0.15) is 12.3 Å². The maximum Gasteiger partial charge on any atom is 0.303 e. The number of amides is 3. The second-order valence-electron chi connectivity index (χ2n) is 6.14. The number of unbranched alkanes of at least 4 members (excludes halogenated alkanes) is 1. The predicted octanol–water partition coefficient (Wildman–Crippen LogP) is -2.26. The van der Waals surface area contributed by atoms with Gasteiger partial charge in [0.25, 0.3) is 0 Å². The Balaban J connectivity index is 4.86. The van der Waals surface area contributed by atoms with E-state index in [1.54, 1.807) is 0 Å². The largest absolute Gasteiger partial charge is 0.481 e. The minimum Gasteiger partial charge on any atom is -0.481 e. The molecule has 0 aliphatic heterocycles. The van der Waals surface area contributed by atoms with Crippen LogP contribution in [0.25, 0.3) is 0 Å². The third-order valence-corrected chi connectivity index (χ3v) is 3.78. The monoisotopic (exact) mass is 387 g/mol. The molecule has 11 heteroatoms. The molecule has 0 radical (unpaired) electrons. The Bertz CT molecular complexity index is 527. The van der Waals surface area contributed by atoms with Crippen LogP contribution in [0.3, 0.4) is 0 Å². The second-order valence-corrected chi connectivity index (χ2v) is 6.14. The highest BCUT2D eigenvalue weighted by Crippen LogP contribution is 2.04. The van der Waals surface area contributed by atoms with Crippen LogP contribution in [0.2, 0.25) is 0 Å². The molecule has 3 amide bonds. The first-order chi connectivity index (χ1) is 12.7. The first-order valence-corrected chi connectivity index (χ1v) is 8.73. The summed E-state index contributed by atoms with van der Waals surface area (Å²) in [4.78, 5) is 57.1. The molecule has 0 fully saturated rings. The highest BCUT2D eigenvalue weighted by atomic mass is 16.4. The lowest BCUT2D eigenvalue weighted by atomic mass is 10.1. The van der Waals surface area contributed by atoms with Crippen LogP contribution in [0.4, 0.5) is 0 Å². The maximum atomic E-state index is 12.4. The standard InChI is InChI=1S/C16H29N5O6/c17-8-2-1-3-10(9-22)20-16(27)12(5-7-14(24)25)21-15(26)11(18)4-6-13(19)23/h9-12H,1-8,17-18H2,(H2,19,23)(H,20,27)(H,21,26)(H,24,25)/t10-,11-,12-/m0/s1. The number of carboxylic acids is 1. The molecule has 0 spiro atoms. The number of aliphatic carboxylic acids is 1. The fourth-order valence-corrected chi connectivity index (χ4v) is 2.21. The van der Waals surface area contributed by atoms with Crippen molar-refractivity contribution in [1.82, 2.24) is 10.6 Å². The third kappa shape index (κ3) is 11.7. The van der Waals surface area contributed by atoms with Crippen molar-refractivity contribution in [3.8, 4) is 0 Å². The molecule has 0 saturated heterocycles. The van der Waals surface area contributed by atoms with Gasteiger partial charge in [-0.1, -0.05) is 0 Å². The van der Waals surface area contributed by atoms with E-state index in [2.05, 4.69) is 10.6 Å². The average molecular weight is 387 g/mol. The fourth-order valence-electron chi connectivity index (χ4n) is 2.21. The van der Waals surface area contributed by atoms with Crippen molar-refractivity contribution in [2.45, 2.75) is 63.1 Å². The molecular weight excluding hydrogens is 358 g/mol. The molecule has 27 heavy (non-hydrogen) atoms. The van der Waals surface area contributed by atoms with Gasteiger partial charge in [0.15, 0.2) is 0 Å². The van der Waals surface area contributed by atoms with E-state index >= 15 is 0 Å². The van der Waals surface area contributed by atoms with Gasteiger partial charge in [-0.15, -0.1) is 0 Å². The van der Waals surface area contributed by atoms with Crippen molar-refractivity contribution in [2.24, 2.45) is 17.2 Å². The molecule has 0 aliphatic rings. The number of nitrogens with one attached hydrogen (secondary N) is 2. The van der Waals surface area contributed by atoms with Crippen LogP contribution in [0.5, 0.6) is 0 Å². The van der Waals surface area contributed by atoms with Gasteiger partial charge in [-0.2, -0.15) is 0 Å². The van der Waals surface area contributed by atoms with Crippen molar-refractivity contribution >= 4 is 30.0 Å². The lowest BCUT2D eigenvalue weighted by molar-refractivity contribution is -0.138. The molecule has 0 saturated carbocycles. The number of rotatable bonds is 15. The first-order valence-electron chi connectivity index (χ1n) is 8.73. The number of carbonyl (C=O) groups is 5. The Hall–Kier alpha value is -2.53. The van der Waals surface area contributed by atoms with E-state index in [1.807, 2.05) is 0 Å². The Morgan fingerprint density at radius 2 is 1.63 bits per heavy atom. The molecule has 154 valence electrons. The molecule has 0 heterocycles. The van der Waals surface area contributed by atoms with E-state index < -0.39 is 41.8 Å². The molecule has 3 atom stereocenters. The highest BCUT2D eigenvalue weighted by Gasteiger charge is 2.26. The van der Waals surface area contributed by atoms with Crippen molar-refractivity contribution < 1.29 is 29.1 Å². The molecule has 0 aromatic heterocycles. The van der Waals surface area contributed by atoms with E-state index in [0.29, 0.717) is 32.1 Å². The number of nitrogens with two attached hydrogens (primary N) is 3. The van der Waals surface area contributed by atoms with Crippen molar-refractivity contribution in [3.63, 3.8) is 0 Å². The van der Waals surface area contributed by atoms with Crippen LogP contribution in [0.1, 0.15) is 44.9 Å². The molecule has 0 rings (SSSR count). The summed E-state index contributed by atoms with van der Waals surface area (Å²) in [6.45, 7) is 0.458. The van der Waals surface area contributed by atoms with Gasteiger partial charge >= 0.3 is 5.97 Å². The molecule has 11 nitrogen and oxygen atoms in total. The van der Waals surface area contributed by atoms with Gasteiger partial charge in [-0.25, -0.2) is 0 Å². The molecule has 9 N–H and O–H groups in total. The van der Waals surface area contributed by atoms with Gasteiger partial charge in [0.05, 0.1) is 12.1 Å². The summed E-state index contributed by atoms with van der Waals surface area (Å²) in [7, 11) is 0. The number of primary amides is 1. The van der Waals surface area contributed by atoms with E-state index in [0.717, 1.165) is 0 Å². The Labute approximate surface area is 157 Å². The summed E-state index contributed by atoms with van der Waals surface area (Å²) in [6.07, 6.45) is 1.61. The van der Waals surface area contributed by atoms with Crippen molar-refractivity contribution in [3.05, 3.63) is 0 Å². The summed E-state index contributed by atoms with van der Waals surface area (Å²) >= 11 is 0. The summed E-state index contributed by atoms with van der Waals surface area (Å²) < 4.78 is 0. The van der Waals surface area contributed by atoms with Crippen LogP contribution >= 0.6 is 0 Å². The van der Waals surface area contributed by atoms with Crippen LogP contribution < -0.4 is 27.8 Å². The molecular formula is C16H29N5O6. The third-order valence-electron chi connectivity index (χ3n) is 3.78. The van der Waals surface area contributed by atoms with Crippen LogP contribution in [-0.2, 0) is 24.0 Å². The summed E-state index contributed by atoms with van der Waals surface area (Å²) in [5, 5.41) is 13.7. The van der Waals surface area contributed by atoms with Crippen LogP contribution in [0, 0.1) is 0 Å². The molecule has 0 aromatic carbocycles. The molecule has 0 unspecified atom stereocenters. The van der Waals surface area contributed by atoms with Crippen LogP contribution in [0.15, 0.2) is 0 Å². The highest BCUT2D eigenvalue weighted by molar-refractivity contribution is 5.91. The molecule has 0 aliphatic carbocycles. The van der Waals surface area contributed by atoms with Gasteiger partial charge in [0, 0.05) is 12.8 Å². The van der Waals surface area contributed by atoms with Gasteiger partial charge in [-0.05, 0) is 38.6 Å². The quantitative estimate of drug-likeness (QED) is 0.133. The minimum atomic E-state index is -1.18. The van der Waals surface area contributed by atoms with E-state index in [4.69, 9.17) is 22.3 Å². The van der Waals surface area contributed by atoms with Gasteiger partial charge in [-0.3, -0.25) is 19.2 Å². The van der Waals surface area contributed by atoms with Crippen LogP contribution in [-0.4, -0.2) is 59.8 Å². The van der Waals surface area contributed by atoms with E-state index in [-0.39, 0.29) is 25.7 Å².